The molecule has 0 fully saturated rings. The molecule has 0 aliphatic carbocycles. The van der Waals surface area contributed by atoms with E-state index in [0.29, 0.717) is 23.7 Å². The molecule has 8 nitrogen and oxygen atoms in total. The number of hydrogen-bond donors (Lipinski definition) is 2. The van der Waals surface area contributed by atoms with E-state index in [-0.39, 0.29) is 24.1 Å². The number of carbonyl (C=O) groups is 1. The van der Waals surface area contributed by atoms with Crippen molar-refractivity contribution < 1.29 is 22.7 Å². The number of likely N-dealkylation sites (N-methyl/N-ethyl adjacent to an activating group) is 1. The monoisotopic (exact) mass is 516 g/mol. The summed E-state index contributed by atoms with van der Waals surface area (Å²) in [6.45, 7) is 10.0. The van der Waals surface area contributed by atoms with Gasteiger partial charge in [-0.25, -0.2) is 18.2 Å². The molecule has 1 aliphatic heterocycles. The number of pyridine rings is 1. The lowest BCUT2D eigenvalue weighted by Gasteiger charge is -2.40. The molecule has 1 aliphatic rings. The number of carbonyl (C=O) groups excluding carboxylic acids is 1. The third-order valence-corrected chi connectivity index (χ3v) is 6.03. The SMILES string of the molecule is Cc1nc(NCc2cnn(Cc3cc(F)c(F)c(F)c3)c2)cc2c1NC(=O)[C@H]([C@@H](C)OC(C)(C)C)N2C. The molecule has 3 heterocycles. The highest BCUT2D eigenvalue weighted by Gasteiger charge is 2.38. The van der Waals surface area contributed by atoms with Gasteiger partial charge in [0.05, 0.1) is 41.5 Å². The van der Waals surface area contributed by atoms with E-state index in [0.717, 1.165) is 23.4 Å². The molecular weight excluding hydrogens is 485 g/mol. The van der Waals surface area contributed by atoms with Gasteiger partial charge in [0, 0.05) is 31.4 Å². The number of hydrogen-bond acceptors (Lipinski definition) is 6. The van der Waals surface area contributed by atoms with Crippen LogP contribution >= 0.6 is 0 Å². The molecule has 0 bridgehead atoms. The molecule has 2 N–H and O–H groups in total. The van der Waals surface area contributed by atoms with Crippen molar-refractivity contribution in [2.24, 2.45) is 0 Å². The summed E-state index contributed by atoms with van der Waals surface area (Å²) in [5, 5.41) is 10.5. The Hall–Kier alpha value is -3.60. The van der Waals surface area contributed by atoms with Gasteiger partial charge in [-0.3, -0.25) is 9.48 Å². The van der Waals surface area contributed by atoms with Crippen molar-refractivity contribution in [1.29, 1.82) is 0 Å². The van der Waals surface area contributed by atoms with Gasteiger partial charge in [0.2, 0.25) is 5.91 Å². The molecule has 0 saturated heterocycles. The van der Waals surface area contributed by atoms with E-state index in [1.54, 1.807) is 12.4 Å². The minimum atomic E-state index is -1.49. The van der Waals surface area contributed by atoms with Crippen LogP contribution in [0.2, 0.25) is 0 Å². The molecular formula is C26H31F3N6O2. The Balaban J connectivity index is 1.47. The standard InChI is InChI=1S/C26H31F3N6O2/c1-14-23-20(34(6)24(25(36)33-23)15(2)37-26(3,4)5)9-21(32-14)30-10-17-11-31-35(13-17)12-16-7-18(27)22(29)19(28)8-16/h7-9,11,13,15,24H,10,12H2,1-6H3,(H,30,32)(H,33,36)/t15-,24+/m1/s1. The quantitative estimate of drug-likeness (QED) is 0.446. The third-order valence-electron chi connectivity index (χ3n) is 6.03. The second-order valence-electron chi connectivity index (χ2n) is 10.2. The van der Waals surface area contributed by atoms with Gasteiger partial charge in [0.25, 0.3) is 0 Å². The van der Waals surface area contributed by atoms with Gasteiger partial charge in [0.1, 0.15) is 11.9 Å². The molecule has 0 saturated carbocycles. The Morgan fingerprint density at radius 2 is 1.84 bits per heavy atom. The first-order valence-corrected chi connectivity index (χ1v) is 11.9. The first-order valence-electron chi connectivity index (χ1n) is 11.9. The van der Waals surface area contributed by atoms with Crippen molar-refractivity contribution >= 4 is 23.1 Å². The average molecular weight is 517 g/mol. The van der Waals surface area contributed by atoms with E-state index in [1.807, 2.05) is 52.6 Å². The minimum Gasteiger partial charge on any atom is -0.370 e. The molecule has 198 valence electrons. The summed E-state index contributed by atoms with van der Waals surface area (Å²) < 4.78 is 47.8. The highest BCUT2D eigenvalue weighted by Crippen LogP contribution is 2.36. The predicted octanol–water partition coefficient (Wildman–Crippen LogP) is 4.62. The largest absolute Gasteiger partial charge is 0.370 e. The molecule has 0 spiro atoms. The van der Waals surface area contributed by atoms with E-state index in [4.69, 9.17) is 4.74 Å². The maximum absolute atomic E-state index is 13.5. The first-order chi connectivity index (χ1) is 17.3. The van der Waals surface area contributed by atoms with Crippen molar-refractivity contribution in [3.63, 3.8) is 0 Å². The highest BCUT2D eigenvalue weighted by molar-refractivity contribution is 6.04. The molecule has 0 radical (unpaired) electrons. The number of fused-ring (bicyclic) bond motifs is 1. The van der Waals surface area contributed by atoms with E-state index in [1.165, 1.54) is 4.68 Å². The Kier molecular flexibility index (Phi) is 7.18. The average Bonchev–Trinajstić information content (AvgIpc) is 3.23. The van der Waals surface area contributed by atoms with E-state index < -0.39 is 29.1 Å². The van der Waals surface area contributed by atoms with Crippen LogP contribution in [0.4, 0.5) is 30.4 Å². The number of nitrogens with zero attached hydrogens (tertiary/aromatic N) is 4. The molecule has 3 aromatic rings. The molecule has 2 atom stereocenters. The molecule has 2 aromatic heterocycles. The predicted molar refractivity (Wildman–Crippen MR) is 135 cm³/mol. The summed E-state index contributed by atoms with van der Waals surface area (Å²) in [6, 6.07) is 3.26. The topological polar surface area (TPSA) is 84.3 Å². The van der Waals surface area contributed by atoms with Crippen molar-refractivity contribution in [3.05, 3.63) is 64.9 Å². The molecule has 11 heteroatoms. The lowest BCUT2D eigenvalue weighted by molar-refractivity contribution is -0.124. The van der Waals surface area contributed by atoms with Crippen LogP contribution in [0.3, 0.4) is 0 Å². The van der Waals surface area contributed by atoms with Crippen molar-refractivity contribution in [2.45, 2.75) is 65.5 Å². The van der Waals surface area contributed by atoms with Gasteiger partial charge in [-0.1, -0.05) is 0 Å². The minimum absolute atomic E-state index is 0.0883. The van der Waals surface area contributed by atoms with Crippen LogP contribution in [0.15, 0.2) is 30.6 Å². The number of aromatic nitrogens is 3. The van der Waals surface area contributed by atoms with Crippen LogP contribution in [0.5, 0.6) is 0 Å². The second kappa shape index (κ2) is 10.0. The van der Waals surface area contributed by atoms with E-state index in [9.17, 15) is 18.0 Å². The summed E-state index contributed by atoms with van der Waals surface area (Å²) in [7, 11) is 1.86. The third kappa shape index (κ3) is 5.87. The van der Waals surface area contributed by atoms with E-state index >= 15 is 0 Å². The second-order valence-corrected chi connectivity index (χ2v) is 10.2. The van der Waals surface area contributed by atoms with Crippen molar-refractivity contribution in [3.8, 4) is 0 Å². The Bertz CT molecular complexity index is 1300. The van der Waals surface area contributed by atoms with Gasteiger partial charge in [-0.05, 0) is 52.3 Å². The summed E-state index contributed by atoms with van der Waals surface area (Å²) in [5.41, 5.74) is 2.82. The van der Waals surface area contributed by atoms with Crippen LogP contribution in [0.1, 0.15) is 44.5 Å². The highest BCUT2D eigenvalue weighted by atomic mass is 19.2. The van der Waals surface area contributed by atoms with Gasteiger partial charge in [-0.15, -0.1) is 0 Å². The molecule has 0 unspecified atom stereocenters. The lowest BCUT2D eigenvalue weighted by Crippen LogP contribution is -2.54. The fraction of sp³-hybridized carbons (Fsp3) is 0.423. The number of rotatable bonds is 7. The number of amides is 1. The maximum atomic E-state index is 13.5. The van der Waals surface area contributed by atoms with Gasteiger partial charge >= 0.3 is 0 Å². The zero-order chi connectivity index (χ0) is 27.1. The van der Waals surface area contributed by atoms with Crippen LogP contribution in [0.25, 0.3) is 0 Å². The Labute approximate surface area is 213 Å². The molecule has 1 amide bonds. The number of anilines is 3. The molecule has 37 heavy (non-hydrogen) atoms. The Morgan fingerprint density at radius 3 is 2.49 bits per heavy atom. The fourth-order valence-electron chi connectivity index (χ4n) is 4.52. The summed E-state index contributed by atoms with van der Waals surface area (Å²) >= 11 is 0. The van der Waals surface area contributed by atoms with Crippen LogP contribution in [-0.4, -0.2) is 45.5 Å². The maximum Gasteiger partial charge on any atom is 0.249 e. The van der Waals surface area contributed by atoms with Gasteiger partial charge in [0.15, 0.2) is 17.5 Å². The summed E-state index contributed by atoms with van der Waals surface area (Å²) in [4.78, 5) is 19.4. The smallest absolute Gasteiger partial charge is 0.249 e. The normalized spacial score (nSPS) is 16.4. The van der Waals surface area contributed by atoms with Crippen LogP contribution in [0, 0.1) is 24.4 Å². The lowest BCUT2D eigenvalue weighted by atomic mass is 10.0. The number of halogens is 3. The molecule has 1 aromatic carbocycles. The number of benzene rings is 1. The van der Waals surface area contributed by atoms with Crippen LogP contribution < -0.4 is 15.5 Å². The fourth-order valence-corrected chi connectivity index (χ4v) is 4.52. The van der Waals surface area contributed by atoms with Crippen molar-refractivity contribution in [2.75, 3.05) is 22.6 Å². The van der Waals surface area contributed by atoms with Gasteiger partial charge in [-0.2, -0.15) is 5.10 Å². The Morgan fingerprint density at radius 1 is 1.16 bits per heavy atom. The van der Waals surface area contributed by atoms with Gasteiger partial charge < -0.3 is 20.3 Å². The van der Waals surface area contributed by atoms with Crippen molar-refractivity contribution in [1.82, 2.24) is 14.8 Å². The zero-order valence-corrected chi connectivity index (χ0v) is 21.7. The summed E-state index contributed by atoms with van der Waals surface area (Å²) in [5.74, 6) is -3.50. The number of aryl methyl sites for hydroxylation is 1. The van der Waals surface area contributed by atoms with E-state index in [2.05, 4.69) is 20.7 Å². The number of nitrogens with one attached hydrogen (secondary N) is 2. The summed E-state index contributed by atoms with van der Waals surface area (Å²) in [6.07, 6.45) is 3.00. The first kappa shape index (κ1) is 26.5. The number of ether oxygens (including phenoxy) is 1. The van der Waals surface area contributed by atoms with Crippen LogP contribution in [-0.2, 0) is 22.6 Å². The zero-order valence-electron chi connectivity index (χ0n) is 21.7. The molecule has 4 rings (SSSR count).